The Morgan fingerprint density at radius 2 is 1.86 bits per heavy atom. The maximum absolute atomic E-state index is 12.9. The standard InChI is InChI=1S/C23H28ClN3O2/c1-23(2,3)17-5-6-20(18(24)12-17)27-13-16(4-7-21(27)28)22(29)25-19-14-26-10-8-15(19)9-11-26/h4-7,12-13,15,19H,8-11,14H2,1-3H3,(H,25,29). The maximum atomic E-state index is 12.9. The molecule has 5 rings (SSSR count). The number of carbonyl (C=O) groups excluding carboxylic acids is 1. The van der Waals surface area contributed by atoms with Crippen molar-refractivity contribution in [2.75, 3.05) is 19.6 Å². The quantitative estimate of drug-likeness (QED) is 0.836. The van der Waals surface area contributed by atoms with E-state index in [0.29, 0.717) is 22.2 Å². The Balaban J connectivity index is 1.59. The number of aromatic nitrogens is 1. The number of nitrogens with one attached hydrogen (secondary N) is 1. The average Bonchev–Trinajstić information content (AvgIpc) is 2.69. The van der Waals surface area contributed by atoms with Crippen molar-refractivity contribution < 1.29 is 4.79 Å². The van der Waals surface area contributed by atoms with Gasteiger partial charge in [-0.25, -0.2) is 0 Å². The molecule has 2 aromatic rings. The first-order chi connectivity index (χ1) is 13.7. The Labute approximate surface area is 176 Å². The number of piperidine rings is 3. The first-order valence-electron chi connectivity index (χ1n) is 10.3. The third-order valence-electron chi connectivity index (χ3n) is 6.22. The average molecular weight is 414 g/mol. The van der Waals surface area contributed by atoms with Crippen molar-refractivity contribution in [1.29, 1.82) is 0 Å². The van der Waals surface area contributed by atoms with Gasteiger partial charge in [-0.15, -0.1) is 0 Å². The summed E-state index contributed by atoms with van der Waals surface area (Å²) in [6.45, 7) is 9.52. The number of halogens is 1. The second-order valence-electron chi connectivity index (χ2n) is 9.26. The lowest BCUT2D eigenvalue weighted by Crippen LogP contribution is -2.57. The Morgan fingerprint density at radius 1 is 1.14 bits per heavy atom. The zero-order valence-corrected chi connectivity index (χ0v) is 18.0. The molecule has 0 aliphatic carbocycles. The van der Waals surface area contributed by atoms with Crippen LogP contribution in [0.25, 0.3) is 5.69 Å². The molecule has 6 heteroatoms. The van der Waals surface area contributed by atoms with Gasteiger partial charge in [-0.2, -0.15) is 0 Å². The highest BCUT2D eigenvalue weighted by Crippen LogP contribution is 2.29. The van der Waals surface area contributed by atoms with Crippen LogP contribution in [0, 0.1) is 5.92 Å². The fourth-order valence-corrected chi connectivity index (χ4v) is 4.63. The van der Waals surface area contributed by atoms with Gasteiger partial charge >= 0.3 is 0 Å². The van der Waals surface area contributed by atoms with Crippen molar-refractivity contribution in [3.63, 3.8) is 0 Å². The van der Waals surface area contributed by atoms with Gasteiger partial charge in [0.05, 0.1) is 16.3 Å². The van der Waals surface area contributed by atoms with Crippen molar-refractivity contribution in [1.82, 2.24) is 14.8 Å². The molecular weight excluding hydrogens is 386 g/mol. The molecule has 2 bridgehead atoms. The van der Waals surface area contributed by atoms with Crippen molar-refractivity contribution in [2.24, 2.45) is 5.92 Å². The molecule has 0 spiro atoms. The SMILES string of the molecule is CC(C)(C)c1ccc(-n2cc(C(=O)NC3CN4CCC3CC4)ccc2=O)c(Cl)c1. The van der Waals surface area contributed by atoms with Crippen molar-refractivity contribution in [2.45, 2.75) is 45.1 Å². The van der Waals surface area contributed by atoms with Crippen molar-refractivity contribution >= 4 is 17.5 Å². The molecule has 154 valence electrons. The minimum absolute atomic E-state index is 0.0374. The molecule has 3 aliphatic rings. The topological polar surface area (TPSA) is 54.3 Å². The van der Waals surface area contributed by atoms with Crippen molar-refractivity contribution in [3.8, 4) is 5.69 Å². The molecule has 3 aliphatic heterocycles. The fourth-order valence-electron chi connectivity index (χ4n) is 4.36. The second kappa shape index (κ2) is 7.62. The Hall–Kier alpha value is -2.11. The van der Waals surface area contributed by atoms with E-state index in [1.165, 1.54) is 10.6 Å². The van der Waals surface area contributed by atoms with Crippen LogP contribution >= 0.6 is 11.6 Å². The van der Waals surface area contributed by atoms with Gasteiger partial charge in [-0.3, -0.25) is 14.2 Å². The predicted octanol–water partition coefficient (Wildman–Crippen LogP) is 3.61. The van der Waals surface area contributed by atoms with E-state index >= 15 is 0 Å². The van der Waals surface area contributed by atoms with E-state index in [9.17, 15) is 9.59 Å². The lowest BCUT2D eigenvalue weighted by Gasteiger charge is -2.44. The Bertz CT molecular complexity index is 984. The van der Waals surface area contributed by atoms with Gasteiger partial charge in [-0.1, -0.05) is 38.4 Å². The Kier molecular flexibility index (Phi) is 5.30. The molecule has 1 aromatic carbocycles. The summed E-state index contributed by atoms with van der Waals surface area (Å²) in [5.74, 6) is 0.411. The molecule has 0 radical (unpaired) electrons. The van der Waals surface area contributed by atoms with Crippen LogP contribution in [0.2, 0.25) is 5.02 Å². The number of rotatable bonds is 3. The molecule has 29 heavy (non-hydrogen) atoms. The third-order valence-corrected chi connectivity index (χ3v) is 6.52. The van der Waals surface area contributed by atoms with E-state index in [-0.39, 0.29) is 22.9 Å². The van der Waals surface area contributed by atoms with Gasteiger partial charge in [0.25, 0.3) is 11.5 Å². The number of hydrogen-bond donors (Lipinski definition) is 1. The summed E-state index contributed by atoms with van der Waals surface area (Å²) in [7, 11) is 0. The minimum atomic E-state index is -0.213. The summed E-state index contributed by atoms with van der Waals surface area (Å²) in [6.07, 6.45) is 3.87. The van der Waals surface area contributed by atoms with E-state index in [1.54, 1.807) is 12.3 Å². The fraction of sp³-hybridized carbons (Fsp3) is 0.478. The molecule has 3 saturated heterocycles. The molecule has 1 aromatic heterocycles. The number of benzene rings is 1. The summed E-state index contributed by atoms with van der Waals surface area (Å²) >= 11 is 6.51. The van der Waals surface area contributed by atoms with Gasteiger partial charge < -0.3 is 10.2 Å². The summed E-state index contributed by atoms with van der Waals surface area (Å²) in [5, 5.41) is 3.67. The van der Waals surface area contributed by atoms with Crippen LogP contribution in [0.15, 0.2) is 41.3 Å². The molecule has 0 saturated carbocycles. The molecule has 1 N–H and O–H groups in total. The van der Waals surface area contributed by atoms with E-state index in [0.717, 1.165) is 38.0 Å². The highest BCUT2D eigenvalue weighted by molar-refractivity contribution is 6.32. The number of fused-ring (bicyclic) bond motifs is 3. The van der Waals surface area contributed by atoms with Crippen LogP contribution in [0.4, 0.5) is 0 Å². The van der Waals surface area contributed by atoms with Gasteiger partial charge in [-0.05, 0) is 61.0 Å². The molecule has 1 amide bonds. The molecule has 1 atom stereocenters. The van der Waals surface area contributed by atoms with E-state index in [4.69, 9.17) is 11.6 Å². The maximum Gasteiger partial charge on any atom is 0.255 e. The number of nitrogens with zero attached hydrogens (tertiary/aromatic N) is 2. The third kappa shape index (κ3) is 4.12. The van der Waals surface area contributed by atoms with E-state index < -0.39 is 0 Å². The van der Waals surface area contributed by atoms with Crippen LogP contribution in [0.5, 0.6) is 0 Å². The minimum Gasteiger partial charge on any atom is -0.348 e. The van der Waals surface area contributed by atoms with Crippen LogP contribution in [0.1, 0.15) is 49.5 Å². The molecule has 1 unspecified atom stereocenters. The van der Waals surface area contributed by atoms with Crippen LogP contribution in [-0.4, -0.2) is 41.1 Å². The molecule has 5 nitrogen and oxygen atoms in total. The summed E-state index contributed by atoms with van der Waals surface area (Å²) in [4.78, 5) is 27.8. The van der Waals surface area contributed by atoms with Crippen LogP contribution < -0.4 is 10.9 Å². The van der Waals surface area contributed by atoms with Gasteiger partial charge in [0, 0.05) is 24.8 Å². The van der Waals surface area contributed by atoms with Crippen molar-refractivity contribution in [3.05, 3.63) is 63.0 Å². The summed E-state index contributed by atoms with van der Waals surface area (Å²) < 4.78 is 1.46. The van der Waals surface area contributed by atoms with E-state index in [2.05, 4.69) is 31.0 Å². The summed E-state index contributed by atoms with van der Waals surface area (Å²) in [6, 6.07) is 8.92. The second-order valence-corrected chi connectivity index (χ2v) is 9.67. The van der Waals surface area contributed by atoms with Gasteiger partial charge in [0.2, 0.25) is 0 Å². The lowest BCUT2D eigenvalue weighted by atomic mass is 9.84. The molecule has 4 heterocycles. The zero-order chi connectivity index (χ0) is 20.8. The lowest BCUT2D eigenvalue weighted by molar-refractivity contribution is 0.0620. The molecule has 3 fully saturated rings. The molecular formula is C23H28ClN3O2. The van der Waals surface area contributed by atoms with Gasteiger partial charge in [0.15, 0.2) is 0 Å². The zero-order valence-electron chi connectivity index (χ0n) is 17.2. The van der Waals surface area contributed by atoms with E-state index in [1.807, 2.05) is 18.2 Å². The summed E-state index contributed by atoms with van der Waals surface area (Å²) in [5.41, 5.74) is 1.90. The number of carbonyl (C=O) groups is 1. The predicted molar refractivity (Wildman–Crippen MR) is 116 cm³/mol. The smallest absolute Gasteiger partial charge is 0.255 e. The number of pyridine rings is 1. The monoisotopic (exact) mass is 413 g/mol. The van der Waals surface area contributed by atoms with Crippen LogP contribution in [-0.2, 0) is 5.41 Å². The largest absolute Gasteiger partial charge is 0.348 e. The van der Waals surface area contributed by atoms with Gasteiger partial charge in [0.1, 0.15) is 0 Å². The number of hydrogen-bond acceptors (Lipinski definition) is 3. The normalized spacial score (nSPS) is 23.8. The number of amides is 1. The highest BCUT2D eigenvalue weighted by atomic mass is 35.5. The van der Waals surface area contributed by atoms with Crippen LogP contribution in [0.3, 0.4) is 0 Å². The highest BCUT2D eigenvalue weighted by Gasteiger charge is 2.35. The Morgan fingerprint density at radius 3 is 2.45 bits per heavy atom. The first-order valence-corrected chi connectivity index (χ1v) is 10.7. The first kappa shape index (κ1) is 20.2.